The molecule has 0 bridgehead atoms. The summed E-state index contributed by atoms with van der Waals surface area (Å²) in [5, 5.41) is 33.8. The van der Waals surface area contributed by atoms with Crippen molar-refractivity contribution in [2.45, 2.75) is 44.2 Å². The average Bonchev–Trinajstić information content (AvgIpc) is 2.96. The molecule has 2 aromatic rings. The lowest BCUT2D eigenvalue weighted by molar-refractivity contribution is -0.140. The van der Waals surface area contributed by atoms with E-state index >= 15 is 0 Å². The average molecular weight is 723 g/mol. The normalized spacial score (nSPS) is 18.4. The molecule has 2 amide bonds. The Kier molecular flexibility index (Phi) is 13.0. The Morgan fingerprint density at radius 3 is 2.51 bits per heavy atom. The highest BCUT2D eigenvalue weighted by Crippen LogP contribution is 2.37. The first-order chi connectivity index (χ1) is 19.6. The molecule has 0 radical (unpaired) electrons. The van der Waals surface area contributed by atoms with E-state index in [0.29, 0.717) is 36.2 Å². The Morgan fingerprint density at radius 1 is 1.12 bits per heavy atom. The van der Waals surface area contributed by atoms with Crippen molar-refractivity contribution in [3.8, 4) is 11.5 Å². The van der Waals surface area contributed by atoms with E-state index in [1.54, 1.807) is 30.3 Å². The summed E-state index contributed by atoms with van der Waals surface area (Å²) in [7, 11) is 2.94. The van der Waals surface area contributed by atoms with Crippen LogP contribution >= 0.6 is 45.8 Å². The fourth-order valence-electron chi connectivity index (χ4n) is 4.45. The largest absolute Gasteiger partial charge is 0.493 e. The maximum atomic E-state index is 13.5. The first kappa shape index (κ1) is 33.4. The van der Waals surface area contributed by atoms with E-state index in [9.17, 15) is 24.9 Å². The van der Waals surface area contributed by atoms with E-state index in [4.69, 9.17) is 37.4 Å². The maximum Gasteiger partial charge on any atom is 0.247 e. The van der Waals surface area contributed by atoms with Crippen LogP contribution < -0.4 is 14.8 Å². The molecule has 0 heterocycles. The lowest BCUT2D eigenvalue weighted by Gasteiger charge is -2.41. The van der Waals surface area contributed by atoms with E-state index in [-0.39, 0.29) is 57.2 Å². The quantitative estimate of drug-likeness (QED) is 0.232. The summed E-state index contributed by atoms with van der Waals surface area (Å²) in [5.74, 6) is -0.125. The Balaban J connectivity index is 2.04. The molecule has 13 heteroatoms. The second-order valence-electron chi connectivity index (χ2n) is 9.30. The van der Waals surface area contributed by atoms with Gasteiger partial charge in [0.2, 0.25) is 11.8 Å². The molecule has 2 aromatic carbocycles. The molecule has 3 unspecified atom stereocenters. The topological polar surface area (TPSA) is 138 Å². The van der Waals surface area contributed by atoms with Crippen LogP contribution in [0.5, 0.6) is 11.5 Å². The summed E-state index contributed by atoms with van der Waals surface area (Å²) in [4.78, 5) is 28.0. The van der Waals surface area contributed by atoms with E-state index in [0.717, 1.165) is 0 Å². The predicted molar refractivity (Wildman–Crippen MR) is 162 cm³/mol. The zero-order valence-corrected chi connectivity index (χ0v) is 26.3. The van der Waals surface area contributed by atoms with Gasteiger partial charge in [-0.2, -0.15) is 0 Å². The molecular weight excluding hydrogens is 690 g/mol. The van der Waals surface area contributed by atoms with Gasteiger partial charge in [-0.3, -0.25) is 9.59 Å². The molecule has 0 aliphatic heterocycles. The minimum atomic E-state index is -1.25. The number of carbonyl (C=O) groups excluding carboxylic acids is 2. The van der Waals surface area contributed by atoms with Gasteiger partial charge in [-0.15, -0.1) is 0 Å². The number of halogens is 3. The van der Waals surface area contributed by atoms with Crippen LogP contribution in [0, 0.1) is 3.57 Å². The van der Waals surface area contributed by atoms with Crippen molar-refractivity contribution in [3.63, 3.8) is 0 Å². The Bertz CT molecular complexity index is 1260. The second kappa shape index (κ2) is 15.9. The number of nitrogens with zero attached hydrogens (tertiary/aromatic N) is 1. The molecule has 0 saturated carbocycles. The summed E-state index contributed by atoms with van der Waals surface area (Å²) >= 11 is 14.4. The van der Waals surface area contributed by atoms with Crippen molar-refractivity contribution in [3.05, 3.63) is 66.7 Å². The van der Waals surface area contributed by atoms with Gasteiger partial charge in [0, 0.05) is 32.2 Å². The highest BCUT2D eigenvalue weighted by molar-refractivity contribution is 14.1. The zero-order chi connectivity index (χ0) is 30.1. The van der Waals surface area contributed by atoms with Gasteiger partial charge in [0.1, 0.15) is 12.2 Å². The van der Waals surface area contributed by atoms with E-state index in [1.807, 2.05) is 22.6 Å². The monoisotopic (exact) mass is 722 g/mol. The second-order valence-corrected chi connectivity index (χ2v) is 11.3. The number of methoxy groups -OCH3 is 2. The SMILES string of the molecule is COCCC(=O)N(Cc1ccc(Cl)c(Cl)c1)C1CC(C(=O)NCCO)=CC(Oc2c(I)cc(CO)cc2OC)C1O. The van der Waals surface area contributed by atoms with Crippen LogP contribution in [0.2, 0.25) is 10.0 Å². The number of aliphatic hydroxyl groups is 3. The summed E-state index contributed by atoms with van der Waals surface area (Å²) in [6.07, 6.45) is -0.735. The van der Waals surface area contributed by atoms with E-state index in [1.165, 1.54) is 25.2 Å². The van der Waals surface area contributed by atoms with Crippen LogP contribution in [0.1, 0.15) is 24.0 Å². The number of aliphatic hydroxyl groups excluding tert-OH is 3. The van der Waals surface area contributed by atoms with Crippen molar-refractivity contribution in [1.29, 1.82) is 0 Å². The number of hydrogen-bond acceptors (Lipinski definition) is 8. The third-order valence-electron chi connectivity index (χ3n) is 6.52. The summed E-state index contributed by atoms with van der Waals surface area (Å²) in [6.45, 7) is -0.195. The summed E-state index contributed by atoms with van der Waals surface area (Å²) in [6, 6.07) is 7.46. The molecule has 3 atom stereocenters. The minimum Gasteiger partial charge on any atom is -0.493 e. The predicted octanol–water partition coefficient (Wildman–Crippen LogP) is 3.08. The summed E-state index contributed by atoms with van der Waals surface area (Å²) in [5.41, 5.74) is 1.56. The van der Waals surface area contributed by atoms with Gasteiger partial charge in [-0.05, 0) is 64.1 Å². The molecule has 1 aliphatic carbocycles. The van der Waals surface area contributed by atoms with Gasteiger partial charge in [0.25, 0.3) is 0 Å². The van der Waals surface area contributed by atoms with Gasteiger partial charge < -0.3 is 39.7 Å². The van der Waals surface area contributed by atoms with Crippen molar-refractivity contribution in [2.24, 2.45) is 0 Å². The number of hydrogen-bond donors (Lipinski definition) is 4. The van der Waals surface area contributed by atoms with Crippen molar-refractivity contribution in [2.75, 3.05) is 34.0 Å². The lowest BCUT2D eigenvalue weighted by Crippen LogP contribution is -2.55. The van der Waals surface area contributed by atoms with Gasteiger partial charge >= 0.3 is 0 Å². The Morgan fingerprint density at radius 2 is 1.88 bits per heavy atom. The molecular formula is C28H33Cl2IN2O8. The fourth-order valence-corrected chi connectivity index (χ4v) is 5.57. The van der Waals surface area contributed by atoms with Gasteiger partial charge in [-0.25, -0.2) is 0 Å². The number of rotatable bonds is 13. The zero-order valence-electron chi connectivity index (χ0n) is 22.6. The van der Waals surface area contributed by atoms with Crippen LogP contribution in [0.25, 0.3) is 0 Å². The Hall–Kier alpha value is -2.13. The molecule has 0 aromatic heterocycles. The highest BCUT2D eigenvalue weighted by Gasteiger charge is 2.41. The smallest absolute Gasteiger partial charge is 0.247 e. The van der Waals surface area contributed by atoms with Gasteiger partial charge in [0.05, 0.1) is 53.0 Å². The Labute approximate surface area is 262 Å². The molecule has 4 N–H and O–H groups in total. The van der Waals surface area contributed by atoms with Crippen molar-refractivity contribution in [1.82, 2.24) is 10.2 Å². The molecule has 3 rings (SSSR count). The minimum absolute atomic E-state index is 0.0238. The maximum absolute atomic E-state index is 13.5. The first-order valence-electron chi connectivity index (χ1n) is 12.8. The molecule has 10 nitrogen and oxygen atoms in total. The number of carbonyl (C=O) groups is 2. The van der Waals surface area contributed by atoms with Crippen LogP contribution in [-0.4, -0.2) is 84.3 Å². The van der Waals surface area contributed by atoms with Crippen molar-refractivity contribution >= 4 is 57.6 Å². The van der Waals surface area contributed by atoms with Crippen molar-refractivity contribution < 1.29 is 39.1 Å². The lowest BCUT2D eigenvalue weighted by atomic mass is 9.87. The van der Waals surface area contributed by atoms with E-state index in [2.05, 4.69) is 5.32 Å². The summed E-state index contributed by atoms with van der Waals surface area (Å²) < 4.78 is 17.5. The molecule has 41 heavy (non-hydrogen) atoms. The number of amides is 2. The van der Waals surface area contributed by atoms with Gasteiger partial charge in [0.15, 0.2) is 11.5 Å². The van der Waals surface area contributed by atoms with Crippen LogP contribution in [-0.2, 0) is 27.5 Å². The van der Waals surface area contributed by atoms with Gasteiger partial charge in [-0.1, -0.05) is 29.3 Å². The highest BCUT2D eigenvalue weighted by atomic mass is 127. The third-order valence-corrected chi connectivity index (χ3v) is 8.06. The first-order valence-corrected chi connectivity index (χ1v) is 14.6. The van der Waals surface area contributed by atoms with Crippen LogP contribution in [0.4, 0.5) is 0 Å². The number of benzene rings is 2. The van der Waals surface area contributed by atoms with Crippen LogP contribution in [0.3, 0.4) is 0 Å². The standard InChI is InChI=1S/C28H33Cl2IN2O8/c1-39-8-5-25(36)33(14-16-3-4-19(29)20(30)9-16)22-12-18(28(38)32-6-7-34)13-23(26(22)37)41-27-21(31)10-17(15-35)11-24(27)40-2/h3-4,9-11,13,22-23,26,34-35,37H,5-8,12,14-15H2,1-2H3,(H,32,38). The number of nitrogens with one attached hydrogen (secondary N) is 1. The molecule has 224 valence electrons. The van der Waals surface area contributed by atoms with E-state index < -0.39 is 24.2 Å². The van der Waals surface area contributed by atoms with Crippen LogP contribution in [0.15, 0.2) is 42.0 Å². The molecule has 0 saturated heterocycles. The fraction of sp³-hybridized carbons (Fsp3) is 0.429. The molecule has 1 aliphatic rings. The molecule has 0 fully saturated rings. The molecule has 0 spiro atoms. The third kappa shape index (κ3) is 8.69. The number of ether oxygens (including phenoxy) is 3.